The molecule has 0 aliphatic heterocycles. The number of hydrogen-bond acceptors (Lipinski definition) is 1. The van der Waals surface area contributed by atoms with Crippen molar-refractivity contribution in [2.24, 2.45) is 0 Å². The lowest BCUT2D eigenvalue weighted by molar-refractivity contribution is 1.17. The standard InChI is InChI=1S/C13H12Cl2S/c1-8-3-5-10(6-4-8)12(15)13-11(14)9(2)7-16-13/h3-7,12H,1-2H3. The first-order valence-electron chi connectivity index (χ1n) is 5.03. The van der Waals surface area contributed by atoms with E-state index in [1.807, 2.05) is 12.3 Å². The number of thiophene rings is 1. The van der Waals surface area contributed by atoms with Gasteiger partial charge in [0.15, 0.2) is 0 Å². The minimum atomic E-state index is -0.146. The maximum absolute atomic E-state index is 6.43. The molecule has 0 saturated heterocycles. The molecule has 2 rings (SSSR count). The highest BCUT2D eigenvalue weighted by molar-refractivity contribution is 7.11. The van der Waals surface area contributed by atoms with Crippen molar-refractivity contribution in [1.29, 1.82) is 0 Å². The molecule has 0 spiro atoms. The van der Waals surface area contributed by atoms with Crippen LogP contribution in [-0.4, -0.2) is 0 Å². The molecule has 1 aromatic carbocycles. The summed E-state index contributed by atoms with van der Waals surface area (Å²) >= 11 is 14.3. The third-order valence-corrected chi connectivity index (χ3v) is 4.90. The van der Waals surface area contributed by atoms with Crippen molar-refractivity contribution in [1.82, 2.24) is 0 Å². The molecular formula is C13H12Cl2S. The van der Waals surface area contributed by atoms with Gasteiger partial charge in [0.2, 0.25) is 0 Å². The van der Waals surface area contributed by atoms with E-state index in [0.29, 0.717) is 0 Å². The first kappa shape index (κ1) is 12.0. The zero-order valence-electron chi connectivity index (χ0n) is 9.13. The highest BCUT2D eigenvalue weighted by Crippen LogP contribution is 2.39. The third kappa shape index (κ3) is 2.27. The van der Waals surface area contributed by atoms with Crippen LogP contribution in [0.4, 0.5) is 0 Å². The van der Waals surface area contributed by atoms with Crippen molar-refractivity contribution in [2.75, 3.05) is 0 Å². The zero-order chi connectivity index (χ0) is 11.7. The maximum atomic E-state index is 6.43. The van der Waals surface area contributed by atoms with E-state index in [4.69, 9.17) is 23.2 Å². The van der Waals surface area contributed by atoms with Crippen LogP contribution in [0.5, 0.6) is 0 Å². The summed E-state index contributed by atoms with van der Waals surface area (Å²) in [6, 6.07) is 8.24. The Bertz CT molecular complexity index is 485. The highest BCUT2D eigenvalue weighted by atomic mass is 35.5. The molecule has 16 heavy (non-hydrogen) atoms. The minimum Gasteiger partial charge on any atom is -0.145 e. The van der Waals surface area contributed by atoms with E-state index < -0.39 is 0 Å². The minimum absolute atomic E-state index is 0.146. The summed E-state index contributed by atoms with van der Waals surface area (Å²) in [6.07, 6.45) is 0. The number of halogens is 2. The Morgan fingerprint density at radius 1 is 1.12 bits per heavy atom. The molecule has 0 aliphatic rings. The first-order chi connectivity index (χ1) is 7.59. The summed E-state index contributed by atoms with van der Waals surface area (Å²) in [4.78, 5) is 1.03. The average Bonchev–Trinajstić information content (AvgIpc) is 2.60. The van der Waals surface area contributed by atoms with E-state index in [9.17, 15) is 0 Å². The molecule has 0 bridgehead atoms. The molecule has 1 heterocycles. The van der Waals surface area contributed by atoms with E-state index in [-0.39, 0.29) is 5.38 Å². The summed E-state index contributed by atoms with van der Waals surface area (Å²) in [5.74, 6) is 0. The van der Waals surface area contributed by atoms with Crippen LogP contribution in [0.3, 0.4) is 0 Å². The van der Waals surface area contributed by atoms with Crippen LogP contribution in [0.1, 0.15) is 26.9 Å². The molecule has 1 unspecified atom stereocenters. The van der Waals surface area contributed by atoms with Gasteiger partial charge in [-0.1, -0.05) is 41.4 Å². The lowest BCUT2D eigenvalue weighted by Crippen LogP contribution is -1.91. The predicted octanol–water partition coefficient (Wildman–Crippen LogP) is 5.35. The van der Waals surface area contributed by atoms with Gasteiger partial charge in [0.1, 0.15) is 0 Å². The number of aryl methyl sites for hydroxylation is 2. The molecule has 1 aromatic heterocycles. The van der Waals surface area contributed by atoms with Gasteiger partial charge in [0.05, 0.1) is 10.4 Å². The summed E-state index contributed by atoms with van der Waals surface area (Å²) in [7, 11) is 0. The van der Waals surface area contributed by atoms with Crippen molar-refractivity contribution in [3.8, 4) is 0 Å². The van der Waals surface area contributed by atoms with Gasteiger partial charge in [-0.25, -0.2) is 0 Å². The second kappa shape index (κ2) is 4.79. The van der Waals surface area contributed by atoms with Crippen molar-refractivity contribution < 1.29 is 0 Å². The Balaban J connectivity index is 2.35. The van der Waals surface area contributed by atoms with Gasteiger partial charge < -0.3 is 0 Å². The summed E-state index contributed by atoms with van der Waals surface area (Å²) in [5.41, 5.74) is 3.43. The van der Waals surface area contributed by atoms with Gasteiger partial charge in [-0.15, -0.1) is 22.9 Å². The van der Waals surface area contributed by atoms with Crippen molar-refractivity contribution in [2.45, 2.75) is 19.2 Å². The van der Waals surface area contributed by atoms with Crippen LogP contribution in [0.15, 0.2) is 29.6 Å². The molecule has 0 saturated carbocycles. The monoisotopic (exact) mass is 270 g/mol. The van der Waals surface area contributed by atoms with Crippen LogP contribution in [0.25, 0.3) is 0 Å². The summed E-state index contributed by atoms with van der Waals surface area (Å²) in [6.45, 7) is 4.07. The molecule has 0 N–H and O–H groups in total. The topological polar surface area (TPSA) is 0 Å². The Hall–Kier alpha value is -0.500. The number of rotatable bonds is 2. The number of alkyl halides is 1. The fourth-order valence-corrected chi connectivity index (χ4v) is 3.28. The van der Waals surface area contributed by atoms with Crippen LogP contribution >= 0.6 is 34.5 Å². The predicted molar refractivity (Wildman–Crippen MR) is 72.9 cm³/mol. The van der Waals surface area contributed by atoms with Gasteiger partial charge >= 0.3 is 0 Å². The molecule has 1 atom stereocenters. The maximum Gasteiger partial charge on any atom is 0.0942 e. The Morgan fingerprint density at radius 2 is 1.75 bits per heavy atom. The molecule has 0 nitrogen and oxygen atoms in total. The van der Waals surface area contributed by atoms with Crippen molar-refractivity contribution in [3.63, 3.8) is 0 Å². The third-order valence-electron chi connectivity index (χ3n) is 2.53. The molecule has 0 aliphatic carbocycles. The van der Waals surface area contributed by atoms with Crippen LogP contribution in [0.2, 0.25) is 5.02 Å². The van der Waals surface area contributed by atoms with Crippen LogP contribution in [-0.2, 0) is 0 Å². The van der Waals surface area contributed by atoms with Crippen molar-refractivity contribution in [3.05, 3.63) is 56.2 Å². The number of benzene rings is 1. The largest absolute Gasteiger partial charge is 0.145 e. The fraction of sp³-hybridized carbons (Fsp3) is 0.231. The Morgan fingerprint density at radius 3 is 2.25 bits per heavy atom. The van der Waals surface area contributed by atoms with E-state index >= 15 is 0 Å². The summed E-state index contributed by atoms with van der Waals surface area (Å²) in [5, 5.41) is 2.69. The number of hydrogen-bond donors (Lipinski definition) is 0. The molecule has 3 heteroatoms. The molecule has 0 radical (unpaired) electrons. The first-order valence-corrected chi connectivity index (χ1v) is 6.73. The van der Waals surface area contributed by atoms with E-state index in [0.717, 1.165) is 21.0 Å². The molecule has 84 valence electrons. The second-order valence-corrected chi connectivity index (χ2v) is 5.60. The van der Waals surface area contributed by atoms with E-state index in [1.54, 1.807) is 11.3 Å². The van der Waals surface area contributed by atoms with E-state index in [2.05, 4.69) is 31.2 Å². The van der Waals surface area contributed by atoms with Gasteiger partial charge in [0.25, 0.3) is 0 Å². The normalized spacial score (nSPS) is 12.8. The SMILES string of the molecule is Cc1ccc(C(Cl)c2scc(C)c2Cl)cc1. The quantitative estimate of drug-likeness (QED) is 0.646. The zero-order valence-corrected chi connectivity index (χ0v) is 11.5. The van der Waals surface area contributed by atoms with E-state index in [1.165, 1.54) is 5.56 Å². The Labute approximate surface area is 110 Å². The average molecular weight is 271 g/mol. The molecular weight excluding hydrogens is 259 g/mol. The van der Waals surface area contributed by atoms with Gasteiger partial charge in [0, 0.05) is 4.88 Å². The van der Waals surface area contributed by atoms with Crippen LogP contribution in [0, 0.1) is 13.8 Å². The summed E-state index contributed by atoms with van der Waals surface area (Å²) < 4.78 is 0. The smallest absolute Gasteiger partial charge is 0.0942 e. The molecule has 0 fully saturated rings. The van der Waals surface area contributed by atoms with Crippen LogP contribution < -0.4 is 0 Å². The lowest BCUT2D eigenvalue weighted by atomic mass is 10.1. The van der Waals surface area contributed by atoms with Crippen molar-refractivity contribution >= 4 is 34.5 Å². The Kier molecular flexibility index (Phi) is 3.58. The molecule has 0 amide bonds. The highest BCUT2D eigenvalue weighted by Gasteiger charge is 2.17. The van der Waals surface area contributed by atoms with Gasteiger partial charge in [-0.2, -0.15) is 0 Å². The second-order valence-electron chi connectivity index (χ2n) is 3.87. The van der Waals surface area contributed by atoms with Gasteiger partial charge in [-0.05, 0) is 30.4 Å². The molecule has 2 aromatic rings. The lowest BCUT2D eigenvalue weighted by Gasteiger charge is -2.09. The van der Waals surface area contributed by atoms with Gasteiger partial charge in [-0.3, -0.25) is 0 Å². The fourth-order valence-electron chi connectivity index (χ4n) is 1.51.